The van der Waals surface area contributed by atoms with Crippen LogP contribution in [0.5, 0.6) is 5.88 Å². The Bertz CT molecular complexity index is 1010. The van der Waals surface area contributed by atoms with Crippen molar-refractivity contribution in [2.45, 2.75) is 19.3 Å². The molecule has 3 aromatic rings. The standard InChI is InChI=1S/C20H16FN3O3/c1-12-18-16(19(26)22-14-9-7-13(21)8-10-14)11-17(25)27-20(18)24(23-12)15-5-3-2-4-6-15/h2-10,16H,11H2,1H3,(H,22,26)/t16-/m0/s1. The third-order valence-electron chi connectivity index (χ3n) is 4.42. The van der Waals surface area contributed by atoms with Crippen LogP contribution >= 0.6 is 0 Å². The molecule has 0 aliphatic carbocycles. The molecular formula is C20H16FN3O3. The summed E-state index contributed by atoms with van der Waals surface area (Å²) in [7, 11) is 0. The fraction of sp³-hybridized carbons (Fsp3) is 0.150. The molecule has 0 bridgehead atoms. The minimum absolute atomic E-state index is 0.0820. The second-order valence-corrected chi connectivity index (χ2v) is 6.28. The monoisotopic (exact) mass is 365 g/mol. The summed E-state index contributed by atoms with van der Waals surface area (Å²) < 4.78 is 20.0. The lowest BCUT2D eigenvalue weighted by atomic mass is 9.93. The number of nitrogens with zero attached hydrogens (tertiary/aromatic N) is 2. The number of fused-ring (bicyclic) bond motifs is 1. The van der Waals surface area contributed by atoms with Gasteiger partial charge in [0.25, 0.3) is 0 Å². The van der Waals surface area contributed by atoms with Crippen molar-refractivity contribution in [3.63, 3.8) is 0 Å². The van der Waals surface area contributed by atoms with E-state index >= 15 is 0 Å². The molecule has 0 fully saturated rings. The molecule has 2 heterocycles. The molecule has 0 unspecified atom stereocenters. The quantitative estimate of drug-likeness (QED) is 0.723. The van der Waals surface area contributed by atoms with Gasteiger partial charge in [0.05, 0.1) is 29.3 Å². The molecule has 1 aliphatic heterocycles. The molecule has 0 saturated carbocycles. The number of carbonyl (C=O) groups excluding carboxylic acids is 2. The number of aromatic nitrogens is 2. The summed E-state index contributed by atoms with van der Waals surface area (Å²) in [4.78, 5) is 24.9. The highest BCUT2D eigenvalue weighted by Gasteiger charge is 2.37. The van der Waals surface area contributed by atoms with E-state index in [1.165, 1.54) is 28.9 Å². The number of rotatable bonds is 3. The van der Waals surface area contributed by atoms with E-state index in [1.807, 2.05) is 30.3 Å². The Labute approximate surface area is 154 Å². The molecule has 136 valence electrons. The van der Waals surface area contributed by atoms with Crippen LogP contribution in [0.1, 0.15) is 23.6 Å². The smallest absolute Gasteiger partial charge is 0.313 e. The Morgan fingerprint density at radius 2 is 1.89 bits per heavy atom. The minimum Gasteiger partial charge on any atom is -0.407 e. The summed E-state index contributed by atoms with van der Waals surface area (Å²) in [5.74, 6) is -1.73. The minimum atomic E-state index is -0.733. The van der Waals surface area contributed by atoms with Crippen molar-refractivity contribution < 1.29 is 18.7 Å². The number of anilines is 1. The molecule has 1 atom stereocenters. The summed E-state index contributed by atoms with van der Waals surface area (Å²) in [5.41, 5.74) is 2.38. The van der Waals surface area contributed by atoms with Crippen molar-refractivity contribution >= 4 is 17.6 Å². The molecule has 1 aliphatic rings. The van der Waals surface area contributed by atoms with E-state index in [9.17, 15) is 14.0 Å². The van der Waals surface area contributed by atoms with Gasteiger partial charge in [0.15, 0.2) is 0 Å². The zero-order valence-electron chi connectivity index (χ0n) is 14.5. The number of ether oxygens (including phenoxy) is 1. The first-order valence-electron chi connectivity index (χ1n) is 8.45. The number of hydrogen-bond donors (Lipinski definition) is 1. The van der Waals surface area contributed by atoms with E-state index in [0.29, 0.717) is 16.9 Å². The van der Waals surface area contributed by atoms with E-state index < -0.39 is 17.7 Å². The predicted octanol–water partition coefficient (Wildman–Crippen LogP) is 3.35. The third kappa shape index (κ3) is 3.19. The second-order valence-electron chi connectivity index (χ2n) is 6.28. The highest BCUT2D eigenvalue weighted by molar-refractivity contribution is 5.99. The molecule has 1 N–H and O–H groups in total. The molecule has 1 amide bonds. The summed E-state index contributed by atoms with van der Waals surface area (Å²) in [6.07, 6.45) is -0.0820. The van der Waals surface area contributed by atoms with Crippen LogP contribution in [-0.4, -0.2) is 21.7 Å². The normalized spacial score (nSPS) is 15.8. The molecule has 0 saturated heterocycles. The first-order valence-corrected chi connectivity index (χ1v) is 8.45. The van der Waals surface area contributed by atoms with E-state index in [2.05, 4.69) is 10.4 Å². The van der Waals surface area contributed by atoms with Crippen LogP contribution in [0.15, 0.2) is 54.6 Å². The summed E-state index contributed by atoms with van der Waals surface area (Å²) in [5, 5.41) is 7.18. The molecule has 27 heavy (non-hydrogen) atoms. The number of amides is 1. The van der Waals surface area contributed by atoms with Crippen LogP contribution in [-0.2, 0) is 9.59 Å². The van der Waals surface area contributed by atoms with Gasteiger partial charge in [-0.2, -0.15) is 5.10 Å². The SMILES string of the molecule is Cc1nn(-c2ccccc2)c2c1[C@@H](C(=O)Nc1ccc(F)cc1)CC(=O)O2. The van der Waals surface area contributed by atoms with Crippen LogP contribution < -0.4 is 10.1 Å². The fourth-order valence-electron chi connectivity index (χ4n) is 3.17. The molecular weight excluding hydrogens is 349 g/mol. The fourth-order valence-corrected chi connectivity index (χ4v) is 3.17. The Kier molecular flexibility index (Phi) is 4.19. The molecule has 0 radical (unpaired) electrons. The number of nitrogens with one attached hydrogen (secondary N) is 1. The van der Waals surface area contributed by atoms with Crippen molar-refractivity contribution in [3.8, 4) is 11.6 Å². The van der Waals surface area contributed by atoms with Crippen LogP contribution in [0.2, 0.25) is 0 Å². The van der Waals surface area contributed by atoms with Crippen LogP contribution in [0, 0.1) is 12.7 Å². The third-order valence-corrected chi connectivity index (χ3v) is 4.42. The number of para-hydroxylation sites is 1. The van der Waals surface area contributed by atoms with Gasteiger partial charge in [-0.3, -0.25) is 9.59 Å². The van der Waals surface area contributed by atoms with Crippen molar-refractivity contribution in [2.75, 3.05) is 5.32 Å². The zero-order chi connectivity index (χ0) is 19.0. The number of esters is 1. The number of benzene rings is 2. The average molecular weight is 365 g/mol. The van der Waals surface area contributed by atoms with Gasteiger partial charge in [-0.15, -0.1) is 0 Å². The van der Waals surface area contributed by atoms with Gasteiger partial charge in [0.1, 0.15) is 5.82 Å². The molecule has 2 aromatic carbocycles. The maximum atomic E-state index is 13.1. The summed E-state index contributed by atoms with van der Waals surface area (Å²) >= 11 is 0. The lowest BCUT2D eigenvalue weighted by molar-refractivity contribution is -0.138. The summed E-state index contributed by atoms with van der Waals surface area (Å²) in [6, 6.07) is 14.7. The molecule has 0 spiro atoms. The predicted molar refractivity (Wildman–Crippen MR) is 96.3 cm³/mol. The van der Waals surface area contributed by atoms with Crippen molar-refractivity contribution in [3.05, 3.63) is 71.7 Å². The molecule has 4 rings (SSSR count). The first-order chi connectivity index (χ1) is 13.0. The van der Waals surface area contributed by atoms with E-state index in [-0.39, 0.29) is 18.2 Å². The summed E-state index contributed by atoms with van der Waals surface area (Å²) in [6.45, 7) is 1.77. The maximum absolute atomic E-state index is 13.1. The molecule has 6 nitrogen and oxygen atoms in total. The lowest BCUT2D eigenvalue weighted by Gasteiger charge is -2.22. The number of carbonyl (C=O) groups is 2. The van der Waals surface area contributed by atoms with Crippen LogP contribution in [0.4, 0.5) is 10.1 Å². The van der Waals surface area contributed by atoms with E-state index in [1.54, 1.807) is 6.92 Å². The number of hydrogen-bond acceptors (Lipinski definition) is 4. The van der Waals surface area contributed by atoms with Gasteiger partial charge in [0.2, 0.25) is 11.8 Å². The van der Waals surface area contributed by atoms with Crippen LogP contribution in [0.3, 0.4) is 0 Å². The highest BCUT2D eigenvalue weighted by atomic mass is 19.1. The molecule has 7 heteroatoms. The average Bonchev–Trinajstić information content (AvgIpc) is 3.00. The largest absolute Gasteiger partial charge is 0.407 e. The van der Waals surface area contributed by atoms with Gasteiger partial charge < -0.3 is 10.1 Å². The van der Waals surface area contributed by atoms with Crippen molar-refractivity contribution in [2.24, 2.45) is 0 Å². The lowest BCUT2D eigenvalue weighted by Crippen LogP contribution is -2.30. The highest BCUT2D eigenvalue weighted by Crippen LogP contribution is 2.38. The van der Waals surface area contributed by atoms with Gasteiger partial charge in [0, 0.05) is 5.69 Å². The Morgan fingerprint density at radius 3 is 2.59 bits per heavy atom. The Morgan fingerprint density at radius 1 is 1.19 bits per heavy atom. The van der Waals surface area contributed by atoms with Gasteiger partial charge in [-0.1, -0.05) is 18.2 Å². The second kappa shape index (κ2) is 6.68. The maximum Gasteiger partial charge on any atom is 0.313 e. The van der Waals surface area contributed by atoms with E-state index in [4.69, 9.17) is 4.74 Å². The van der Waals surface area contributed by atoms with Gasteiger partial charge >= 0.3 is 5.97 Å². The van der Waals surface area contributed by atoms with Crippen LogP contribution in [0.25, 0.3) is 5.69 Å². The van der Waals surface area contributed by atoms with Crippen molar-refractivity contribution in [1.29, 1.82) is 0 Å². The Balaban J connectivity index is 1.70. The number of aryl methyl sites for hydroxylation is 1. The van der Waals surface area contributed by atoms with Gasteiger partial charge in [-0.25, -0.2) is 9.07 Å². The van der Waals surface area contributed by atoms with Crippen molar-refractivity contribution in [1.82, 2.24) is 9.78 Å². The Hall–Kier alpha value is -3.48. The topological polar surface area (TPSA) is 73.2 Å². The van der Waals surface area contributed by atoms with Gasteiger partial charge in [-0.05, 0) is 43.3 Å². The number of halogens is 1. The first kappa shape index (κ1) is 17.0. The molecule has 1 aromatic heterocycles. The van der Waals surface area contributed by atoms with E-state index in [0.717, 1.165) is 5.69 Å². The zero-order valence-corrected chi connectivity index (χ0v) is 14.5.